The van der Waals surface area contributed by atoms with E-state index in [1.165, 1.54) is 0 Å². The summed E-state index contributed by atoms with van der Waals surface area (Å²) in [7, 11) is 0. The number of aliphatic hydroxyl groups is 1. The molecule has 0 aliphatic rings. The molecule has 0 aliphatic carbocycles. The van der Waals surface area contributed by atoms with Crippen LogP contribution in [0, 0.1) is 6.92 Å². The summed E-state index contributed by atoms with van der Waals surface area (Å²) in [6, 6.07) is 3.38. The largest absolute Gasteiger partial charge is 0.504 e. The van der Waals surface area contributed by atoms with Crippen molar-refractivity contribution in [2.45, 2.75) is 20.8 Å². The zero-order chi connectivity index (χ0) is 19.7. The molecular weight excluding hydrogens is 348 g/mol. The maximum absolute atomic E-state index is 11.8. The molecule has 3 heterocycles. The van der Waals surface area contributed by atoms with Gasteiger partial charge in [0.2, 0.25) is 5.82 Å². The number of nitrogens with zero attached hydrogens (tertiary/aromatic N) is 5. The molecule has 10 heteroatoms. The maximum Gasteiger partial charge on any atom is 0.250 e. The number of H-pyrrole nitrogens is 1. The van der Waals surface area contributed by atoms with Crippen molar-refractivity contribution >= 4 is 17.1 Å². The second-order valence-electron chi connectivity index (χ2n) is 5.96. The van der Waals surface area contributed by atoms with Gasteiger partial charge in [0.05, 0.1) is 23.1 Å². The number of amides is 1. The molecule has 0 atom stereocenters. The Bertz CT molecular complexity index is 1090. The van der Waals surface area contributed by atoms with Gasteiger partial charge in [0.25, 0.3) is 5.91 Å². The van der Waals surface area contributed by atoms with Gasteiger partial charge in [0, 0.05) is 17.9 Å². The van der Waals surface area contributed by atoms with E-state index in [4.69, 9.17) is 11.5 Å². The number of aliphatic hydroxyl groups excluding tert-OH is 1. The average molecular weight is 368 g/mol. The lowest BCUT2D eigenvalue weighted by atomic mass is 10.2. The lowest BCUT2D eigenvalue weighted by molar-refractivity contribution is 0.100. The first kappa shape index (κ1) is 18.1. The number of rotatable bonds is 5. The second-order valence-corrected chi connectivity index (χ2v) is 5.96. The van der Waals surface area contributed by atoms with Crippen LogP contribution in [-0.2, 0) is 0 Å². The number of fused-ring (bicyclic) bond motifs is 1. The van der Waals surface area contributed by atoms with Gasteiger partial charge in [-0.2, -0.15) is 5.10 Å². The number of carbonyl (C=O) groups is 1. The van der Waals surface area contributed by atoms with Crippen LogP contribution in [0.4, 0.5) is 0 Å². The van der Waals surface area contributed by atoms with Crippen LogP contribution in [0.5, 0.6) is 0 Å². The first-order valence-corrected chi connectivity index (χ1v) is 8.24. The SMILES string of the molecule is CCN=C(/C(O)=C(/C)N)c1n[nH]c(-c2cc(C(N)=O)c3cc(C)ncn23)n1. The zero-order valence-corrected chi connectivity index (χ0v) is 15.2. The number of allylic oxidation sites excluding steroid dienone is 2. The van der Waals surface area contributed by atoms with Crippen molar-refractivity contribution < 1.29 is 9.90 Å². The molecule has 3 aromatic rings. The highest BCUT2D eigenvalue weighted by atomic mass is 16.3. The first-order chi connectivity index (χ1) is 12.8. The summed E-state index contributed by atoms with van der Waals surface area (Å²) < 4.78 is 1.69. The monoisotopic (exact) mass is 368 g/mol. The Labute approximate surface area is 154 Å². The third-order valence-electron chi connectivity index (χ3n) is 3.92. The Balaban J connectivity index is 2.16. The normalized spacial score (nSPS) is 13.1. The lowest BCUT2D eigenvalue weighted by Crippen LogP contribution is -2.13. The minimum atomic E-state index is -0.559. The van der Waals surface area contributed by atoms with Crippen molar-refractivity contribution in [3.63, 3.8) is 0 Å². The smallest absolute Gasteiger partial charge is 0.250 e. The third-order valence-corrected chi connectivity index (χ3v) is 3.92. The van der Waals surface area contributed by atoms with Crippen LogP contribution in [0.2, 0.25) is 0 Å². The van der Waals surface area contributed by atoms with E-state index in [1.807, 2.05) is 13.8 Å². The summed E-state index contributed by atoms with van der Waals surface area (Å²) in [6.45, 7) is 5.61. The van der Waals surface area contributed by atoms with E-state index in [2.05, 4.69) is 25.2 Å². The molecule has 0 saturated heterocycles. The van der Waals surface area contributed by atoms with E-state index in [-0.39, 0.29) is 23.0 Å². The molecule has 140 valence electrons. The average Bonchev–Trinajstić information content (AvgIpc) is 3.23. The number of aliphatic imine (C=N–C) groups is 1. The molecule has 6 N–H and O–H groups in total. The molecule has 0 aromatic carbocycles. The van der Waals surface area contributed by atoms with Crippen LogP contribution in [0.15, 0.2) is 34.9 Å². The molecule has 0 bridgehead atoms. The van der Waals surface area contributed by atoms with E-state index in [0.717, 1.165) is 5.69 Å². The molecule has 0 saturated carbocycles. The minimum Gasteiger partial charge on any atom is -0.504 e. The first-order valence-electron chi connectivity index (χ1n) is 8.24. The molecule has 3 rings (SSSR count). The molecule has 1 amide bonds. The van der Waals surface area contributed by atoms with Crippen molar-refractivity contribution in [1.82, 2.24) is 24.6 Å². The summed E-state index contributed by atoms with van der Waals surface area (Å²) in [5.74, 6) is -0.191. The molecule has 0 fully saturated rings. The van der Waals surface area contributed by atoms with Crippen molar-refractivity contribution in [2.24, 2.45) is 16.5 Å². The van der Waals surface area contributed by atoms with Gasteiger partial charge in [-0.05, 0) is 32.9 Å². The number of nitrogens with one attached hydrogen (secondary N) is 1. The third kappa shape index (κ3) is 3.24. The molecule has 27 heavy (non-hydrogen) atoms. The highest BCUT2D eigenvalue weighted by Gasteiger charge is 2.20. The van der Waals surface area contributed by atoms with Gasteiger partial charge in [0.15, 0.2) is 11.6 Å². The van der Waals surface area contributed by atoms with Gasteiger partial charge in [0.1, 0.15) is 5.71 Å². The quantitative estimate of drug-likeness (QED) is 0.389. The highest BCUT2D eigenvalue weighted by Crippen LogP contribution is 2.24. The minimum absolute atomic E-state index is 0.183. The number of aromatic amines is 1. The van der Waals surface area contributed by atoms with Gasteiger partial charge in [-0.1, -0.05) is 0 Å². The summed E-state index contributed by atoms with van der Waals surface area (Å²) >= 11 is 0. The second kappa shape index (κ2) is 6.90. The molecule has 0 unspecified atom stereocenters. The number of hydrogen-bond donors (Lipinski definition) is 4. The Morgan fingerprint density at radius 3 is 2.74 bits per heavy atom. The number of nitrogens with two attached hydrogens (primary N) is 2. The number of aromatic nitrogens is 5. The van der Waals surface area contributed by atoms with Gasteiger partial charge in [-0.15, -0.1) is 0 Å². The van der Waals surface area contributed by atoms with Crippen LogP contribution >= 0.6 is 0 Å². The molecule has 0 spiro atoms. The van der Waals surface area contributed by atoms with Crippen LogP contribution in [0.25, 0.3) is 17.0 Å². The van der Waals surface area contributed by atoms with Crippen molar-refractivity contribution in [1.29, 1.82) is 0 Å². The summed E-state index contributed by atoms with van der Waals surface area (Å²) in [4.78, 5) is 24.7. The summed E-state index contributed by atoms with van der Waals surface area (Å²) in [6.07, 6.45) is 1.58. The Morgan fingerprint density at radius 2 is 2.11 bits per heavy atom. The topological polar surface area (TPSA) is 161 Å². The number of primary amides is 1. The lowest BCUT2D eigenvalue weighted by Gasteiger charge is -2.03. The fourth-order valence-electron chi connectivity index (χ4n) is 2.65. The van der Waals surface area contributed by atoms with E-state index in [0.29, 0.717) is 29.1 Å². The summed E-state index contributed by atoms with van der Waals surface area (Å²) in [5.41, 5.74) is 13.8. The van der Waals surface area contributed by atoms with Crippen molar-refractivity contribution in [3.8, 4) is 11.5 Å². The number of carbonyl (C=O) groups excluding carboxylic acids is 1. The fourth-order valence-corrected chi connectivity index (χ4v) is 2.65. The van der Waals surface area contributed by atoms with Crippen LogP contribution < -0.4 is 11.5 Å². The Kier molecular flexibility index (Phi) is 4.63. The van der Waals surface area contributed by atoms with E-state index in [9.17, 15) is 9.90 Å². The Hall–Kier alpha value is -3.69. The van der Waals surface area contributed by atoms with Crippen LogP contribution in [-0.4, -0.2) is 47.8 Å². The predicted octanol–water partition coefficient (Wildman–Crippen LogP) is 1.08. The highest BCUT2D eigenvalue weighted by molar-refractivity contribution is 6.09. The maximum atomic E-state index is 11.8. The molecule has 0 aliphatic heterocycles. The molecule has 10 nitrogen and oxygen atoms in total. The Morgan fingerprint density at radius 1 is 1.37 bits per heavy atom. The zero-order valence-electron chi connectivity index (χ0n) is 15.2. The summed E-state index contributed by atoms with van der Waals surface area (Å²) in [5, 5.41) is 17.1. The van der Waals surface area contributed by atoms with Crippen LogP contribution in [0.3, 0.4) is 0 Å². The van der Waals surface area contributed by atoms with Crippen LogP contribution in [0.1, 0.15) is 35.7 Å². The van der Waals surface area contributed by atoms with Crippen molar-refractivity contribution in [2.75, 3.05) is 6.54 Å². The predicted molar refractivity (Wildman–Crippen MR) is 100 cm³/mol. The van der Waals surface area contributed by atoms with E-state index < -0.39 is 5.91 Å². The van der Waals surface area contributed by atoms with Gasteiger partial charge < -0.3 is 16.6 Å². The van der Waals surface area contributed by atoms with E-state index in [1.54, 1.807) is 29.8 Å². The molecule has 3 aromatic heterocycles. The van der Waals surface area contributed by atoms with Crippen molar-refractivity contribution in [3.05, 3.63) is 47.0 Å². The number of aryl methyl sites for hydroxylation is 1. The molecular formula is C17H20N8O2. The van der Waals surface area contributed by atoms with Gasteiger partial charge in [-0.3, -0.25) is 19.3 Å². The molecule has 0 radical (unpaired) electrons. The number of hydrogen-bond acceptors (Lipinski definition) is 7. The standard InChI is InChI=1S/C17H20N8O2/c1-4-20-13(14(26)9(3)18)17-22-16(23-24-17)12-6-10(15(19)27)11-5-8(2)21-7-25(11)12/h5-7,26H,4,18H2,1-3H3,(H2,19,27)(H,22,23,24)/b14-9+,20-13?. The van der Waals surface area contributed by atoms with Gasteiger partial charge >= 0.3 is 0 Å². The fraction of sp³-hybridized carbons (Fsp3) is 0.235. The van der Waals surface area contributed by atoms with Gasteiger partial charge in [-0.25, -0.2) is 9.97 Å². The van der Waals surface area contributed by atoms with E-state index >= 15 is 0 Å².